The van der Waals surface area contributed by atoms with E-state index in [4.69, 9.17) is 15.2 Å². The van der Waals surface area contributed by atoms with Crippen LogP contribution in [0.15, 0.2) is 28.9 Å². The second-order valence-electron chi connectivity index (χ2n) is 5.51. The van der Waals surface area contributed by atoms with Crippen LogP contribution in [0.3, 0.4) is 0 Å². The number of hydrogen-bond acceptors (Lipinski definition) is 6. The Kier molecular flexibility index (Phi) is 4.97. The average molecular weight is 405 g/mol. The standard InChI is InChI=1S/C17H17BrN4O3/c1-24-17(23)16-15(20)11(9-19)10-22(16)14-8-12(18)2-3-13(14)21-4-6-25-7-5-21/h2-3,8,10H,4-7,20H2,1H3. The lowest BCUT2D eigenvalue weighted by Crippen LogP contribution is -2.36. The summed E-state index contributed by atoms with van der Waals surface area (Å²) in [7, 11) is 1.29. The number of carbonyl (C=O) groups excluding carboxylic acids is 1. The van der Waals surface area contributed by atoms with Crippen LogP contribution >= 0.6 is 15.9 Å². The van der Waals surface area contributed by atoms with E-state index >= 15 is 0 Å². The molecule has 1 aromatic heterocycles. The fourth-order valence-corrected chi connectivity index (χ4v) is 3.21. The van der Waals surface area contributed by atoms with Crippen LogP contribution in [-0.4, -0.2) is 43.9 Å². The molecular formula is C17H17BrN4O3. The molecule has 2 N–H and O–H groups in total. The first-order valence-electron chi connectivity index (χ1n) is 7.68. The summed E-state index contributed by atoms with van der Waals surface area (Å²) in [5, 5.41) is 9.30. The molecule has 130 valence electrons. The van der Waals surface area contributed by atoms with Crippen molar-refractivity contribution in [1.82, 2.24) is 4.57 Å². The third-order valence-corrected chi connectivity index (χ3v) is 4.59. The molecule has 0 unspecified atom stereocenters. The third kappa shape index (κ3) is 3.21. The maximum Gasteiger partial charge on any atom is 0.357 e. The molecular weight excluding hydrogens is 388 g/mol. The third-order valence-electron chi connectivity index (χ3n) is 4.09. The molecule has 1 aliphatic heterocycles. The quantitative estimate of drug-likeness (QED) is 0.788. The van der Waals surface area contributed by atoms with Gasteiger partial charge in [-0.05, 0) is 18.2 Å². The zero-order valence-corrected chi connectivity index (χ0v) is 15.2. The second-order valence-corrected chi connectivity index (χ2v) is 6.43. The molecule has 0 amide bonds. The van der Waals surface area contributed by atoms with Gasteiger partial charge in [0.2, 0.25) is 0 Å². The van der Waals surface area contributed by atoms with Crippen molar-refractivity contribution < 1.29 is 14.3 Å². The van der Waals surface area contributed by atoms with Crippen LogP contribution in [0.2, 0.25) is 0 Å². The monoisotopic (exact) mass is 404 g/mol. The molecule has 0 saturated carbocycles. The fraction of sp³-hybridized carbons (Fsp3) is 0.294. The number of nitrogens with two attached hydrogens (primary N) is 1. The Morgan fingerprint density at radius 2 is 2.08 bits per heavy atom. The van der Waals surface area contributed by atoms with Crippen molar-refractivity contribution in [3.8, 4) is 11.8 Å². The number of methoxy groups -OCH3 is 1. The van der Waals surface area contributed by atoms with Gasteiger partial charge in [0.05, 0.1) is 42.9 Å². The van der Waals surface area contributed by atoms with Gasteiger partial charge in [0.25, 0.3) is 0 Å². The predicted molar refractivity (Wildman–Crippen MR) is 97.0 cm³/mol. The van der Waals surface area contributed by atoms with Crippen LogP contribution in [-0.2, 0) is 9.47 Å². The van der Waals surface area contributed by atoms with Gasteiger partial charge in [-0.2, -0.15) is 5.26 Å². The molecule has 2 heterocycles. The zero-order chi connectivity index (χ0) is 18.0. The second kappa shape index (κ2) is 7.17. The predicted octanol–water partition coefficient (Wildman–Crippen LogP) is 2.32. The highest BCUT2D eigenvalue weighted by atomic mass is 79.9. The number of nitrogen functional groups attached to an aromatic ring is 1. The Labute approximate surface area is 153 Å². The van der Waals surface area contributed by atoms with E-state index in [9.17, 15) is 10.1 Å². The SMILES string of the molecule is COC(=O)c1c(N)c(C#N)cn1-c1cc(Br)ccc1N1CCOCC1. The number of carbonyl (C=O) groups is 1. The summed E-state index contributed by atoms with van der Waals surface area (Å²) in [4.78, 5) is 14.4. The Hall–Kier alpha value is -2.50. The van der Waals surface area contributed by atoms with Crippen molar-refractivity contribution in [2.45, 2.75) is 0 Å². The molecule has 0 aliphatic carbocycles. The van der Waals surface area contributed by atoms with Gasteiger partial charge in [-0.15, -0.1) is 0 Å². The summed E-state index contributed by atoms with van der Waals surface area (Å²) >= 11 is 3.47. The van der Waals surface area contributed by atoms with E-state index in [0.717, 1.165) is 28.9 Å². The molecule has 1 aliphatic rings. The number of aromatic nitrogens is 1. The molecule has 1 saturated heterocycles. The molecule has 2 aromatic rings. The molecule has 1 aromatic carbocycles. The summed E-state index contributed by atoms with van der Waals surface area (Å²) in [6.45, 7) is 2.75. The van der Waals surface area contributed by atoms with Gasteiger partial charge in [-0.3, -0.25) is 0 Å². The lowest BCUT2D eigenvalue weighted by Gasteiger charge is -2.31. The first kappa shape index (κ1) is 17.3. The number of nitriles is 1. The minimum absolute atomic E-state index is 0.113. The number of anilines is 2. The number of morpholine rings is 1. The Morgan fingerprint density at radius 1 is 1.36 bits per heavy atom. The van der Waals surface area contributed by atoms with E-state index in [1.165, 1.54) is 7.11 Å². The van der Waals surface area contributed by atoms with E-state index in [-0.39, 0.29) is 16.9 Å². The topological polar surface area (TPSA) is 93.5 Å². The summed E-state index contributed by atoms with van der Waals surface area (Å²) in [5.41, 5.74) is 8.16. The van der Waals surface area contributed by atoms with Crippen molar-refractivity contribution in [3.63, 3.8) is 0 Å². The average Bonchev–Trinajstić information content (AvgIpc) is 2.98. The van der Waals surface area contributed by atoms with E-state index < -0.39 is 5.97 Å². The molecule has 8 heteroatoms. The number of esters is 1. The van der Waals surface area contributed by atoms with Gasteiger partial charge < -0.3 is 24.7 Å². The van der Waals surface area contributed by atoms with Crippen molar-refractivity contribution >= 4 is 33.3 Å². The molecule has 1 fully saturated rings. The number of hydrogen-bond donors (Lipinski definition) is 1. The van der Waals surface area contributed by atoms with E-state index in [0.29, 0.717) is 13.2 Å². The summed E-state index contributed by atoms with van der Waals surface area (Å²) in [6, 6.07) is 7.81. The van der Waals surface area contributed by atoms with Crippen LogP contribution in [0, 0.1) is 11.3 Å². The maximum atomic E-state index is 12.3. The Morgan fingerprint density at radius 3 is 2.72 bits per heavy atom. The lowest BCUT2D eigenvalue weighted by molar-refractivity contribution is 0.0593. The molecule has 3 rings (SSSR count). The Balaban J connectivity index is 2.21. The number of nitrogens with zero attached hydrogens (tertiary/aromatic N) is 3. The zero-order valence-electron chi connectivity index (χ0n) is 13.7. The van der Waals surface area contributed by atoms with Gasteiger partial charge in [-0.25, -0.2) is 4.79 Å². The lowest BCUT2D eigenvalue weighted by atomic mass is 10.2. The molecule has 0 bridgehead atoms. The van der Waals surface area contributed by atoms with Crippen molar-refractivity contribution in [3.05, 3.63) is 40.1 Å². The normalized spacial score (nSPS) is 14.2. The van der Waals surface area contributed by atoms with Gasteiger partial charge in [0.1, 0.15) is 6.07 Å². The molecule has 25 heavy (non-hydrogen) atoms. The van der Waals surface area contributed by atoms with Crippen LogP contribution in [0.5, 0.6) is 0 Å². The fourth-order valence-electron chi connectivity index (χ4n) is 2.87. The van der Waals surface area contributed by atoms with E-state index in [1.54, 1.807) is 10.8 Å². The van der Waals surface area contributed by atoms with Crippen LogP contribution < -0.4 is 10.6 Å². The van der Waals surface area contributed by atoms with Gasteiger partial charge in [0.15, 0.2) is 5.69 Å². The number of rotatable bonds is 3. The number of ether oxygens (including phenoxy) is 2. The molecule has 0 radical (unpaired) electrons. The van der Waals surface area contributed by atoms with Gasteiger partial charge in [0, 0.05) is 23.8 Å². The molecule has 0 spiro atoms. The number of benzene rings is 1. The van der Waals surface area contributed by atoms with Crippen molar-refractivity contribution in [1.29, 1.82) is 5.26 Å². The van der Waals surface area contributed by atoms with Crippen LogP contribution in [0.25, 0.3) is 5.69 Å². The van der Waals surface area contributed by atoms with Crippen LogP contribution in [0.4, 0.5) is 11.4 Å². The number of halogens is 1. The highest BCUT2D eigenvalue weighted by Crippen LogP contribution is 2.33. The van der Waals surface area contributed by atoms with Crippen molar-refractivity contribution in [2.24, 2.45) is 0 Å². The first-order valence-corrected chi connectivity index (χ1v) is 8.48. The smallest absolute Gasteiger partial charge is 0.357 e. The van der Waals surface area contributed by atoms with Gasteiger partial charge >= 0.3 is 5.97 Å². The Bertz CT molecular complexity index is 850. The summed E-state index contributed by atoms with van der Waals surface area (Å²) in [6.07, 6.45) is 1.56. The molecule has 0 atom stereocenters. The van der Waals surface area contributed by atoms with Crippen LogP contribution in [0.1, 0.15) is 16.1 Å². The largest absolute Gasteiger partial charge is 0.464 e. The summed E-state index contributed by atoms with van der Waals surface area (Å²) in [5.74, 6) is -0.591. The first-order chi connectivity index (χ1) is 12.1. The van der Waals surface area contributed by atoms with Gasteiger partial charge in [-0.1, -0.05) is 15.9 Å². The van der Waals surface area contributed by atoms with E-state index in [2.05, 4.69) is 20.8 Å². The highest BCUT2D eigenvalue weighted by Gasteiger charge is 2.25. The summed E-state index contributed by atoms with van der Waals surface area (Å²) < 4.78 is 12.7. The highest BCUT2D eigenvalue weighted by molar-refractivity contribution is 9.10. The molecule has 7 nitrogen and oxygen atoms in total. The minimum atomic E-state index is -0.591. The maximum absolute atomic E-state index is 12.3. The minimum Gasteiger partial charge on any atom is -0.464 e. The van der Waals surface area contributed by atoms with Crippen molar-refractivity contribution in [2.75, 3.05) is 44.0 Å². The van der Waals surface area contributed by atoms with E-state index in [1.807, 2.05) is 24.3 Å².